The summed E-state index contributed by atoms with van der Waals surface area (Å²) in [4.78, 5) is 32.5. The normalized spacial score (nSPS) is 13.7. The molecule has 1 amide bonds. The fourth-order valence-corrected chi connectivity index (χ4v) is 3.93. The van der Waals surface area contributed by atoms with Crippen molar-refractivity contribution in [3.63, 3.8) is 0 Å². The van der Waals surface area contributed by atoms with Gasteiger partial charge in [0.2, 0.25) is 5.91 Å². The van der Waals surface area contributed by atoms with E-state index in [4.69, 9.17) is 11.6 Å². The van der Waals surface area contributed by atoms with Gasteiger partial charge in [0.25, 0.3) is 0 Å². The topological polar surface area (TPSA) is 118 Å². The summed E-state index contributed by atoms with van der Waals surface area (Å²) in [5.41, 5.74) is -1.66. The van der Waals surface area contributed by atoms with Crippen molar-refractivity contribution >= 4 is 17.5 Å². The van der Waals surface area contributed by atoms with Gasteiger partial charge >= 0.3 is 18.0 Å². The van der Waals surface area contributed by atoms with E-state index in [1.807, 2.05) is 0 Å². The molecule has 0 saturated carbocycles. The summed E-state index contributed by atoms with van der Waals surface area (Å²) < 4.78 is 80.2. The Kier molecular flexibility index (Phi) is 8.07. The van der Waals surface area contributed by atoms with E-state index in [1.54, 1.807) is 0 Å². The van der Waals surface area contributed by atoms with Gasteiger partial charge in [0.1, 0.15) is 6.54 Å². The third-order valence-corrected chi connectivity index (χ3v) is 5.99. The summed E-state index contributed by atoms with van der Waals surface area (Å²) in [6.45, 7) is -2.01. The van der Waals surface area contributed by atoms with Gasteiger partial charge < -0.3 is 15.4 Å². The molecule has 0 spiro atoms. The number of H-pyrrole nitrogens is 1. The number of nitrogens with zero attached hydrogens (tertiary/aromatic N) is 4. The molecule has 0 aliphatic carbocycles. The maximum atomic E-state index is 13.3. The maximum absolute atomic E-state index is 13.3. The lowest BCUT2D eigenvalue weighted by molar-refractivity contribution is -0.207. The number of aliphatic hydroxyl groups excluding tert-OH is 1. The number of alkyl halides is 6. The van der Waals surface area contributed by atoms with Crippen LogP contribution in [0.25, 0.3) is 11.4 Å². The highest BCUT2D eigenvalue weighted by Gasteiger charge is 2.39. The van der Waals surface area contributed by atoms with Crippen LogP contribution >= 0.6 is 11.6 Å². The minimum atomic E-state index is -5.04. The van der Waals surface area contributed by atoms with Crippen LogP contribution in [0.3, 0.4) is 0 Å². The van der Waals surface area contributed by atoms with Gasteiger partial charge in [0.15, 0.2) is 11.9 Å². The molecule has 0 bridgehead atoms. The van der Waals surface area contributed by atoms with Gasteiger partial charge in [0.05, 0.1) is 36.4 Å². The van der Waals surface area contributed by atoms with Crippen LogP contribution < -0.4 is 11.0 Å². The van der Waals surface area contributed by atoms with Crippen LogP contribution in [-0.4, -0.2) is 47.6 Å². The van der Waals surface area contributed by atoms with Crippen molar-refractivity contribution in [2.75, 3.05) is 0 Å². The Bertz CT molecular complexity index is 1530. The van der Waals surface area contributed by atoms with E-state index in [-0.39, 0.29) is 22.6 Å². The van der Waals surface area contributed by atoms with Crippen LogP contribution in [0.15, 0.2) is 65.8 Å². The Balaban J connectivity index is 1.66. The van der Waals surface area contributed by atoms with Crippen molar-refractivity contribution in [1.29, 1.82) is 0 Å². The monoisotopic (exact) mass is 588 g/mol. The zero-order chi connectivity index (χ0) is 29.2. The number of aromatic amines is 1. The molecule has 0 fully saturated rings. The molecule has 9 nitrogen and oxygen atoms in total. The Hall–Kier alpha value is -4.11. The average Bonchev–Trinajstić information content (AvgIpc) is 3.51. The van der Waals surface area contributed by atoms with Gasteiger partial charge in [-0.3, -0.25) is 9.36 Å². The number of imidazole rings is 1. The zero-order valence-corrected chi connectivity index (χ0v) is 20.8. The molecule has 0 aliphatic rings. The molecule has 212 valence electrons. The molecule has 2 atom stereocenters. The summed E-state index contributed by atoms with van der Waals surface area (Å²) in [6.07, 6.45) is -10.1. The number of hydrogen-bond acceptors (Lipinski definition) is 5. The largest absolute Gasteiger partial charge is 0.416 e. The van der Waals surface area contributed by atoms with Crippen LogP contribution in [0.5, 0.6) is 0 Å². The molecule has 0 saturated heterocycles. The first-order valence-electron chi connectivity index (χ1n) is 11.4. The standard InChI is InChI=1S/C24H19ClF6N6O3/c25-16-6-4-13(5-7-16)21-35-37(22(40)36(21)10-18(38)24(29,30)31)11-19(39)34-20(17-9-32-12-33-17)14-2-1-3-15(8-14)23(26,27)28/h1-9,12,18,20,38H,10-11H2,(H,32,33)(H,34,39). The number of nitrogens with one attached hydrogen (secondary N) is 2. The van der Waals surface area contributed by atoms with E-state index >= 15 is 0 Å². The zero-order valence-electron chi connectivity index (χ0n) is 20.0. The highest BCUT2D eigenvalue weighted by molar-refractivity contribution is 6.30. The predicted octanol–water partition coefficient (Wildman–Crippen LogP) is 3.94. The first kappa shape index (κ1) is 28.9. The van der Waals surface area contributed by atoms with Crippen molar-refractivity contribution in [2.24, 2.45) is 0 Å². The summed E-state index contributed by atoms with van der Waals surface area (Å²) in [6, 6.07) is 8.61. The van der Waals surface area contributed by atoms with Crippen LogP contribution in [-0.2, 0) is 24.1 Å². The number of aromatic nitrogens is 5. The van der Waals surface area contributed by atoms with Gasteiger partial charge in [-0.1, -0.05) is 23.7 Å². The third-order valence-electron chi connectivity index (χ3n) is 5.73. The number of halogens is 7. The first-order valence-corrected chi connectivity index (χ1v) is 11.7. The van der Waals surface area contributed by atoms with Crippen LogP contribution in [0.4, 0.5) is 26.3 Å². The minimum absolute atomic E-state index is 0.0421. The molecule has 4 aromatic rings. The smallest absolute Gasteiger partial charge is 0.382 e. The van der Waals surface area contributed by atoms with Crippen molar-refractivity contribution in [3.8, 4) is 11.4 Å². The van der Waals surface area contributed by atoms with Gasteiger partial charge in [-0.05, 0) is 42.0 Å². The number of carbonyl (C=O) groups excluding carboxylic acids is 1. The Morgan fingerprint density at radius 2 is 1.80 bits per heavy atom. The lowest BCUT2D eigenvalue weighted by atomic mass is 10.0. The van der Waals surface area contributed by atoms with E-state index in [2.05, 4.69) is 20.4 Å². The summed E-state index contributed by atoms with van der Waals surface area (Å²) in [5, 5.41) is 16.4. The molecule has 2 unspecified atom stereocenters. The molecule has 0 radical (unpaired) electrons. The van der Waals surface area contributed by atoms with Gasteiger partial charge in [-0.25, -0.2) is 14.5 Å². The number of benzene rings is 2. The summed E-state index contributed by atoms with van der Waals surface area (Å²) >= 11 is 5.86. The van der Waals surface area contributed by atoms with E-state index in [0.29, 0.717) is 14.3 Å². The van der Waals surface area contributed by atoms with Crippen LogP contribution in [0.2, 0.25) is 5.02 Å². The number of carbonyl (C=O) groups is 1. The molecule has 2 heterocycles. The number of hydrogen-bond donors (Lipinski definition) is 3. The summed E-state index contributed by atoms with van der Waals surface area (Å²) in [7, 11) is 0. The van der Waals surface area contributed by atoms with Crippen LogP contribution in [0.1, 0.15) is 22.9 Å². The second-order valence-corrected chi connectivity index (χ2v) is 9.01. The Morgan fingerprint density at radius 3 is 2.40 bits per heavy atom. The molecule has 3 N–H and O–H groups in total. The van der Waals surface area contributed by atoms with E-state index < -0.39 is 54.7 Å². The number of amides is 1. The second-order valence-electron chi connectivity index (χ2n) is 8.57. The lowest BCUT2D eigenvalue weighted by Crippen LogP contribution is -2.39. The van der Waals surface area contributed by atoms with Crippen molar-refractivity contribution < 1.29 is 36.2 Å². The number of rotatable bonds is 8. The van der Waals surface area contributed by atoms with Crippen LogP contribution in [0, 0.1) is 0 Å². The first-order chi connectivity index (χ1) is 18.7. The van der Waals surface area contributed by atoms with Crippen molar-refractivity contribution in [2.45, 2.75) is 37.6 Å². The molecular weight excluding hydrogens is 570 g/mol. The molecule has 4 rings (SSSR count). The minimum Gasteiger partial charge on any atom is -0.382 e. The van der Waals surface area contributed by atoms with Gasteiger partial charge in [0, 0.05) is 10.6 Å². The molecular formula is C24H19ClF6N6O3. The molecule has 40 heavy (non-hydrogen) atoms. The Labute approximate surface area is 226 Å². The van der Waals surface area contributed by atoms with E-state index in [1.165, 1.54) is 42.9 Å². The highest BCUT2D eigenvalue weighted by Crippen LogP contribution is 2.32. The molecule has 0 aliphatic heterocycles. The van der Waals surface area contributed by atoms with Crippen molar-refractivity contribution in [1.82, 2.24) is 29.6 Å². The Morgan fingerprint density at radius 1 is 1.10 bits per heavy atom. The lowest BCUT2D eigenvalue weighted by Gasteiger charge is -2.19. The predicted molar refractivity (Wildman–Crippen MR) is 129 cm³/mol. The average molecular weight is 589 g/mol. The summed E-state index contributed by atoms with van der Waals surface area (Å²) in [5.74, 6) is -1.18. The fraction of sp³-hybridized carbons (Fsp3) is 0.250. The van der Waals surface area contributed by atoms with Crippen molar-refractivity contribution in [3.05, 3.63) is 93.4 Å². The fourth-order valence-electron chi connectivity index (χ4n) is 3.80. The molecule has 16 heteroatoms. The third kappa shape index (κ3) is 6.54. The van der Waals surface area contributed by atoms with E-state index in [9.17, 15) is 41.0 Å². The number of aliphatic hydroxyl groups is 1. The SMILES string of the molecule is O=C(Cn1nc(-c2ccc(Cl)cc2)n(CC(O)C(F)(F)F)c1=O)NC(c1cccc(C(F)(F)F)c1)c1cnc[nH]1. The molecule has 2 aromatic carbocycles. The van der Waals surface area contributed by atoms with Gasteiger partial charge in [-0.2, -0.15) is 26.3 Å². The van der Waals surface area contributed by atoms with E-state index in [0.717, 1.165) is 18.2 Å². The second kappa shape index (κ2) is 11.2. The quantitative estimate of drug-likeness (QED) is 0.270. The maximum Gasteiger partial charge on any atom is 0.416 e. The molecule has 2 aromatic heterocycles. The van der Waals surface area contributed by atoms with Gasteiger partial charge in [-0.15, -0.1) is 5.10 Å². The highest BCUT2D eigenvalue weighted by atomic mass is 35.5.